The fourth-order valence-electron chi connectivity index (χ4n) is 2.39. The summed E-state index contributed by atoms with van der Waals surface area (Å²) < 4.78 is 0. The van der Waals surface area contributed by atoms with Gasteiger partial charge in [-0.3, -0.25) is 0 Å². The number of carbonyl (C=O) groups excluding carboxylic acids is 1. The number of hydrogen-bond acceptors (Lipinski definition) is 1. The largest absolute Gasteiger partial charge is 0.323 e. The Kier molecular flexibility index (Phi) is 4.08. The van der Waals surface area contributed by atoms with Crippen LogP contribution in [0.15, 0.2) is 36.4 Å². The zero-order valence-electron chi connectivity index (χ0n) is 12.4. The maximum atomic E-state index is 12.0. The van der Waals surface area contributed by atoms with E-state index in [0.717, 1.165) is 33.6 Å². The number of anilines is 2. The first-order valence-electron chi connectivity index (χ1n) is 6.67. The molecule has 0 aliphatic heterocycles. The number of amides is 2. The Hall–Kier alpha value is -2.29. The van der Waals surface area contributed by atoms with Gasteiger partial charge in [-0.2, -0.15) is 0 Å². The maximum Gasteiger partial charge on any atom is 0.323 e. The standard InChI is InChI=1S/C17H20N2O/c1-11-5-12(2)8-15(7-11)18-17(20)19-16-9-13(3)6-14(4)10-16/h5-10H,1-4H3,(H2,18,19,20). The van der Waals surface area contributed by atoms with Gasteiger partial charge in [-0.25, -0.2) is 4.79 Å². The highest BCUT2D eigenvalue weighted by atomic mass is 16.2. The number of urea groups is 1. The molecule has 104 valence electrons. The monoisotopic (exact) mass is 268 g/mol. The van der Waals surface area contributed by atoms with Gasteiger partial charge in [0.25, 0.3) is 0 Å². The number of benzene rings is 2. The summed E-state index contributed by atoms with van der Waals surface area (Å²) in [5.74, 6) is 0. The summed E-state index contributed by atoms with van der Waals surface area (Å²) in [4.78, 5) is 12.0. The molecule has 2 rings (SSSR count). The van der Waals surface area contributed by atoms with Crippen LogP contribution in [0.4, 0.5) is 16.2 Å². The summed E-state index contributed by atoms with van der Waals surface area (Å²) >= 11 is 0. The van der Waals surface area contributed by atoms with Crippen LogP contribution in [0.25, 0.3) is 0 Å². The smallest absolute Gasteiger partial charge is 0.308 e. The highest BCUT2D eigenvalue weighted by Crippen LogP contribution is 2.16. The van der Waals surface area contributed by atoms with Gasteiger partial charge in [-0.1, -0.05) is 12.1 Å². The van der Waals surface area contributed by atoms with Crippen molar-refractivity contribution >= 4 is 17.4 Å². The molecule has 0 radical (unpaired) electrons. The third kappa shape index (κ3) is 3.85. The van der Waals surface area contributed by atoms with Crippen LogP contribution < -0.4 is 10.6 Å². The maximum absolute atomic E-state index is 12.0. The van der Waals surface area contributed by atoms with E-state index in [4.69, 9.17) is 0 Å². The molecule has 20 heavy (non-hydrogen) atoms. The molecular formula is C17H20N2O. The highest BCUT2D eigenvalue weighted by molar-refractivity contribution is 5.99. The fourth-order valence-corrected chi connectivity index (χ4v) is 2.39. The number of carbonyl (C=O) groups is 1. The van der Waals surface area contributed by atoms with E-state index in [1.165, 1.54) is 0 Å². The molecule has 0 spiro atoms. The van der Waals surface area contributed by atoms with Crippen molar-refractivity contribution in [1.29, 1.82) is 0 Å². The lowest BCUT2D eigenvalue weighted by Crippen LogP contribution is -2.19. The molecule has 2 aromatic rings. The first-order valence-corrected chi connectivity index (χ1v) is 6.67. The Morgan fingerprint density at radius 3 is 1.25 bits per heavy atom. The average molecular weight is 268 g/mol. The molecule has 0 aromatic heterocycles. The minimum atomic E-state index is -0.222. The highest BCUT2D eigenvalue weighted by Gasteiger charge is 2.04. The van der Waals surface area contributed by atoms with Gasteiger partial charge in [0.05, 0.1) is 0 Å². The lowest BCUT2D eigenvalue weighted by atomic mass is 10.1. The molecular weight excluding hydrogens is 248 g/mol. The predicted octanol–water partition coefficient (Wildman–Crippen LogP) is 4.56. The van der Waals surface area contributed by atoms with Crippen LogP contribution in [-0.4, -0.2) is 6.03 Å². The molecule has 2 N–H and O–H groups in total. The summed E-state index contributed by atoms with van der Waals surface area (Å²) in [6, 6.07) is 11.7. The van der Waals surface area contributed by atoms with E-state index < -0.39 is 0 Å². The first-order chi connectivity index (χ1) is 9.42. The molecule has 3 nitrogen and oxygen atoms in total. The van der Waals surface area contributed by atoms with Gasteiger partial charge < -0.3 is 10.6 Å². The van der Waals surface area contributed by atoms with E-state index in [0.29, 0.717) is 0 Å². The summed E-state index contributed by atoms with van der Waals surface area (Å²) in [7, 11) is 0. The molecule has 0 bridgehead atoms. The quantitative estimate of drug-likeness (QED) is 0.823. The predicted molar refractivity (Wildman–Crippen MR) is 84.5 cm³/mol. The van der Waals surface area contributed by atoms with E-state index in [1.807, 2.05) is 52.0 Å². The van der Waals surface area contributed by atoms with Gasteiger partial charge in [0, 0.05) is 11.4 Å². The van der Waals surface area contributed by atoms with Gasteiger partial charge in [0.2, 0.25) is 0 Å². The molecule has 0 saturated heterocycles. The Bertz CT molecular complexity index is 551. The molecule has 0 aliphatic rings. The molecule has 2 aromatic carbocycles. The van der Waals surface area contributed by atoms with E-state index >= 15 is 0 Å². The summed E-state index contributed by atoms with van der Waals surface area (Å²) in [5, 5.41) is 5.72. The van der Waals surface area contributed by atoms with E-state index in [-0.39, 0.29) is 6.03 Å². The van der Waals surface area contributed by atoms with Crippen LogP contribution in [0.2, 0.25) is 0 Å². The second-order valence-electron chi connectivity index (χ2n) is 5.33. The topological polar surface area (TPSA) is 41.1 Å². The van der Waals surface area contributed by atoms with Crippen LogP contribution in [-0.2, 0) is 0 Å². The van der Waals surface area contributed by atoms with Crippen molar-refractivity contribution in [2.75, 3.05) is 10.6 Å². The number of rotatable bonds is 2. The third-order valence-electron chi connectivity index (χ3n) is 2.96. The fraction of sp³-hybridized carbons (Fsp3) is 0.235. The first kappa shape index (κ1) is 14.1. The van der Waals surface area contributed by atoms with E-state index in [2.05, 4.69) is 22.8 Å². The van der Waals surface area contributed by atoms with Crippen molar-refractivity contribution in [3.63, 3.8) is 0 Å². The molecule has 0 saturated carbocycles. The second-order valence-corrected chi connectivity index (χ2v) is 5.33. The minimum absolute atomic E-state index is 0.222. The normalized spacial score (nSPS) is 10.2. The van der Waals surface area contributed by atoms with Crippen molar-refractivity contribution in [2.45, 2.75) is 27.7 Å². The van der Waals surface area contributed by atoms with Gasteiger partial charge in [0.1, 0.15) is 0 Å². The Morgan fingerprint density at radius 1 is 0.650 bits per heavy atom. The van der Waals surface area contributed by atoms with E-state index in [1.54, 1.807) is 0 Å². The van der Waals surface area contributed by atoms with Crippen LogP contribution in [0.3, 0.4) is 0 Å². The SMILES string of the molecule is Cc1cc(C)cc(NC(=O)Nc2cc(C)cc(C)c2)c1. The Labute approximate surface area is 120 Å². The summed E-state index contributed by atoms with van der Waals surface area (Å²) in [6.07, 6.45) is 0. The molecule has 0 heterocycles. The number of hydrogen-bond donors (Lipinski definition) is 2. The van der Waals surface area contributed by atoms with Crippen molar-refractivity contribution in [3.05, 3.63) is 58.7 Å². The molecule has 0 unspecified atom stereocenters. The zero-order chi connectivity index (χ0) is 14.7. The van der Waals surface area contributed by atoms with Gasteiger partial charge in [0.15, 0.2) is 0 Å². The number of nitrogens with one attached hydrogen (secondary N) is 2. The lowest BCUT2D eigenvalue weighted by molar-refractivity contribution is 0.262. The molecule has 0 aliphatic carbocycles. The summed E-state index contributed by atoms with van der Waals surface area (Å²) in [5.41, 5.74) is 6.14. The zero-order valence-corrected chi connectivity index (χ0v) is 12.4. The summed E-state index contributed by atoms with van der Waals surface area (Å²) in [6.45, 7) is 8.06. The van der Waals surface area contributed by atoms with Gasteiger partial charge in [-0.05, 0) is 74.2 Å². The average Bonchev–Trinajstić information content (AvgIpc) is 2.24. The third-order valence-corrected chi connectivity index (χ3v) is 2.96. The van der Waals surface area contributed by atoms with Crippen LogP contribution >= 0.6 is 0 Å². The second kappa shape index (κ2) is 5.78. The van der Waals surface area contributed by atoms with E-state index in [9.17, 15) is 4.79 Å². The Balaban J connectivity index is 2.08. The van der Waals surface area contributed by atoms with Crippen molar-refractivity contribution in [3.8, 4) is 0 Å². The minimum Gasteiger partial charge on any atom is -0.308 e. The number of aryl methyl sites for hydroxylation is 4. The van der Waals surface area contributed by atoms with Crippen molar-refractivity contribution < 1.29 is 4.79 Å². The van der Waals surface area contributed by atoms with Crippen molar-refractivity contribution in [2.24, 2.45) is 0 Å². The molecule has 0 atom stereocenters. The van der Waals surface area contributed by atoms with Crippen molar-refractivity contribution in [1.82, 2.24) is 0 Å². The molecule has 3 heteroatoms. The van der Waals surface area contributed by atoms with Crippen LogP contribution in [0.5, 0.6) is 0 Å². The Morgan fingerprint density at radius 2 is 0.950 bits per heavy atom. The van der Waals surface area contributed by atoms with Gasteiger partial charge in [-0.15, -0.1) is 0 Å². The van der Waals surface area contributed by atoms with Gasteiger partial charge >= 0.3 is 6.03 Å². The van der Waals surface area contributed by atoms with Crippen LogP contribution in [0.1, 0.15) is 22.3 Å². The molecule has 0 fully saturated rings. The lowest BCUT2D eigenvalue weighted by Gasteiger charge is -2.10. The molecule has 2 amide bonds. The van der Waals surface area contributed by atoms with Crippen LogP contribution in [0, 0.1) is 27.7 Å².